The summed E-state index contributed by atoms with van der Waals surface area (Å²) in [4.78, 5) is 25.5. The van der Waals surface area contributed by atoms with Crippen LogP contribution in [-0.2, 0) is 6.54 Å². The van der Waals surface area contributed by atoms with Gasteiger partial charge in [0.1, 0.15) is 23.5 Å². The second-order valence-corrected chi connectivity index (χ2v) is 7.12. The summed E-state index contributed by atoms with van der Waals surface area (Å²) >= 11 is 0. The van der Waals surface area contributed by atoms with E-state index in [0.29, 0.717) is 45.1 Å². The molecule has 0 radical (unpaired) electrons. The molecule has 0 atom stereocenters. The molecule has 2 aromatic carbocycles. The first kappa shape index (κ1) is 19.6. The summed E-state index contributed by atoms with van der Waals surface area (Å²) in [5.41, 5.74) is 3.92. The van der Waals surface area contributed by atoms with Gasteiger partial charge in [-0.3, -0.25) is 14.8 Å². The highest BCUT2D eigenvalue weighted by molar-refractivity contribution is 6.00. The minimum Gasteiger partial charge on any atom is -0.444 e. The van der Waals surface area contributed by atoms with Gasteiger partial charge < -0.3 is 14.3 Å². The van der Waals surface area contributed by atoms with Crippen molar-refractivity contribution in [2.45, 2.75) is 13.5 Å². The molecule has 0 aliphatic carbocycles. The van der Waals surface area contributed by atoms with E-state index in [2.05, 4.69) is 25.4 Å². The molecular formula is C23H16FN5O3. The molecule has 158 valence electrons. The molecule has 32 heavy (non-hydrogen) atoms. The number of hydrogen-bond donors (Lipinski definition) is 1. The molecule has 0 aliphatic heterocycles. The molecule has 0 unspecified atom stereocenters. The first-order valence-corrected chi connectivity index (χ1v) is 9.74. The number of aryl methyl sites for hydroxylation is 1. The summed E-state index contributed by atoms with van der Waals surface area (Å²) in [5, 5.41) is 7.52. The van der Waals surface area contributed by atoms with Gasteiger partial charge in [-0.15, -0.1) is 0 Å². The number of benzene rings is 2. The average Bonchev–Trinajstić information content (AvgIpc) is 3.45. The Bertz CT molecular complexity index is 1410. The van der Waals surface area contributed by atoms with Crippen LogP contribution < -0.4 is 5.32 Å². The fraction of sp³-hybridized carbons (Fsp3) is 0.0870. The highest BCUT2D eigenvalue weighted by atomic mass is 19.1. The lowest BCUT2D eigenvalue weighted by Gasteiger charge is -2.05. The molecule has 5 aromatic rings. The largest absolute Gasteiger partial charge is 0.444 e. The topological polar surface area (TPSA) is 107 Å². The minimum absolute atomic E-state index is 0.255. The lowest BCUT2D eigenvalue weighted by atomic mass is 10.1. The first-order valence-electron chi connectivity index (χ1n) is 9.74. The minimum atomic E-state index is -0.344. The van der Waals surface area contributed by atoms with E-state index >= 15 is 0 Å². The Hall–Kier alpha value is -4.40. The van der Waals surface area contributed by atoms with Crippen LogP contribution in [0.4, 0.5) is 4.39 Å². The van der Waals surface area contributed by atoms with Crippen LogP contribution in [0.5, 0.6) is 0 Å². The summed E-state index contributed by atoms with van der Waals surface area (Å²) in [6.07, 6.45) is 4.72. The number of hydrogen-bond acceptors (Lipinski definition) is 7. The molecule has 0 bridgehead atoms. The molecule has 0 saturated heterocycles. The van der Waals surface area contributed by atoms with E-state index < -0.39 is 0 Å². The number of oxazole rings is 1. The SMILES string of the molecule is Cc1cnc(CNC(=O)c2ccc3onc(-c4coc(-c5ccc(F)cc5)n4)c3c2)cn1. The van der Waals surface area contributed by atoms with Gasteiger partial charge in [0.25, 0.3) is 5.91 Å². The number of fused-ring (bicyclic) bond motifs is 1. The van der Waals surface area contributed by atoms with E-state index in [1.807, 2.05) is 6.92 Å². The van der Waals surface area contributed by atoms with Crippen LogP contribution in [0.25, 0.3) is 33.8 Å². The van der Waals surface area contributed by atoms with E-state index in [4.69, 9.17) is 8.94 Å². The average molecular weight is 429 g/mol. The Morgan fingerprint density at radius 2 is 1.94 bits per heavy atom. The standard InChI is InChI=1S/C23H16FN5O3/c1-13-9-26-17(10-25-13)11-27-22(30)15-4-7-20-18(8-15)21(29-32-20)19-12-31-23(28-19)14-2-5-16(24)6-3-14/h2-10,12H,11H2,1H3,(H,27,30). The van der Waals surface area contributed by atoms with Crippen LogP contribution in [0, 0.1) is 12.7 Å². The summed E-state index contributed by atoms with van der Waals surface area (Å²) in [5.74, 6) is -0.291. The molecule has 0 saturated carbocycles. The Balaban J connectivity index is 1.39. The highest BCUT2D eigenvalue weighted by Gasteiger charge is 2.18. The summed E-state index contributed by atoms with van der Waals surface area (Å²) < 4.78 is 24.1. The van der Waals surface area contributed by atoms with Gasteiger partial charge in [-0.2, -0.15) is 0 Å². The van der Waals surface area contributed by atoms with E-state index in [1.165, 1.54) is 18.4 Å². The second-order valence-electron chi connectivity index (χ2n) is 7.12. The number of amides is 1. The van der Waals surface area contributed by atoms with Crippen LogP contribution in [-0.4, -0.2) is 26.0 Å². The van der Waals surface area contributed by atoms with Crippen molar-refractivity contribution in [3.8, 4) is 22.8 Å². The number of carbonyl (C=O) groups excluding carboxylic acids is 1. The van der Waals surface area contributed by atoms with Crippen LogP contribution in [0.3, 0.4) is 0 Å². The molecule has 9 heteroatoms. The van der Waals surface area contributed by atoms with Crippen molar-refractivity contribution < 1.29 is 18.1 Å². The lowest BCUT2D eigenvalue weighted by Crippen LogP contribution is -2.23. The maximum absolute atomic E-state index is 13.2. The summed E-state index contributed by atoms with van der Waals surface area (Å²) in [6, 6.07) is 10.8. The van der Waals surface area contributed by atoms with Gasteiger partial charge in [0.2, 0.25) is 5.89 Å². The van der Waals surface area contributed by atoms with Crippen LogP contribution in [0.2, 0.25) is 0 Å². The highest BCUT2D eigenvalue weighted by Crippen LogP contribution is 2.30. The maximum Gasteiger partial charge on any atom is 0.251 e. The van der Waals surface area contributed by atoms with Gasteiger partial charge in [-0.1, -0.05) is 5.16 Å². The molecule has 1 amide bonds. The fourth-order valence-corrected chi connectivity index (χ4v) is 3.16. The van der Waals surface area contributed by atoms with Crippen LogP contribution in [0.15, 0.2) is 70.1 Å². The van der Waals surface area contributed by atoms with Crippen molar-refractivity contribution in [1.29, 1.82) is 0 Å². The van der Waals surface area contributed by atoms with Crippen LogP contribution >= 0.6 is 0 Å². The molecule has 5 rings (SSSR count). The Kier molecular flexibility index (Phi) is 4.91. The van der Waals surface area contributed by atoms with Gasteiger partial charge in [0, 0.05) is 17.3 Å². The van der Waals surface area contributed by atoms with E-state index in [9.17, 15) is 9.18 Å². The molecule has 3 heterocycles. The molecular weight excluding hydrogens is 413 g/mol. The van der Waals surface area contributed by atoms with E-state index in [-0.39, 0.29) is 18.3 Å². The first-order chi connectivity index (χ1) is 15.6. The van der Waals surface area contributed by atoms with E-state index in [1.54, 1.807) is 42.7 Å². The third kappa shape index (κ3) is 3.83. The van der Waals surface area contributed by atoms with Gasteiger partial charge in [-0.25, -0.2) is 9.37 Å². The fourth-order valence-electron chi connectivity index (χ4n) is 3.16. The van der Waals surface area contributed by atoms with E-state index in [0.717, 1.165) is 5.69 Å². The monoisotopic (exact) mass is 429 g/mol. The third-order valence-corrected chi connectivity index (χ3v) is 4.83. The van der Waals surface area contributed by atoms with Crippen molar-refractivity contribution >= 4 is 16.9 Å². The van der Waals surface area contributed by atoms with Crippen LogP contribution in [0.1, 0.15) is 21.7 Å². The summed E-state index contributed by atoms with van der Waals surface area (Å²) in [6.45, 7) is 2.10. The Labute approximate surface area is 181 Å². The predicted octanol–water partition coefficient (Wildman–Crippen LogP) is 4.32. The molecule has 8 nitrogen and oxygen atoms in total. The number of nitrogens with zero attached hydrogens (tertiary/aromatic N) is 4. The second kappa shape index (κ2) is 8.03. The number of rotatable bonds is 5. The molecule has 1 N–H and O–H groups in total. The predicted molar refractivity (Wildman–Crippen MR) is 113 cm³/mol. The van der Waals surface area contributed by atoms with Crippen molar-refractivity contribution in [1.82, 2.24) is 25.4 Å². The van der Waals surface area contributed by atoms with Crippen molar-refractivity contribution in [2.24, 2.45) is 0 Å². The number of nitrogens with one attached hydrogen (secondary N) is 1. The smallest absolute Gasteiger partial charge is 0.251 e. The number of carbonyl (C=O) groups is 1. The van der Waals surface area contributed by atoms with Crippen molar-refractivity contribution in [3.63, 3.8) is 0 Å². The normalized spacial score (nSPS) is 11.1. The zero-order valence-corrected chi connectivity index (χ0v) is 16.9. The molecule has 3 aromatic heterocycles. The number of aromatic nitrogens is 4. The molecule has 0 aliphatic rings. The Morgan fingerprint density at radius 1 is 1.09 bits per heavy atom. The molecule has 0 spiro atoms. The van der Waals surface area contributed by atoms with Crippen molar-refractivity contribution in [3.05, 3.63) is 83.9 Å². The maximum atomic E-state index is 13.2. The zero-order chi connectivity index (χ0) is 22.1. The van der Waals surface area contributed by atoms with Gasteiger partial charge in [0.15, 0.2) is 5.58 Å². The third-order valence-electron chi connectivity index (χ3n) is 4.83. The zero-order valence-electron chi connectivity index (χ0n) is 16.9. The Morgan fingerprint density at radius 3 is 2.72 bits per heavy atom. The lowest BCUT2D eigenvalue weighted by molar-refractivity contribution is 0.0950. The van der Waals surface area contributed by atoms with Gasteiger partial charge in [0.05, 0.1) is 29.5 Å². The van der Waals surface area contributed by atoms with Gasteiger partial charge in [-0.05, 0) is 49.4 Å². The van der Waals surface area contributed by atoms with Gasteiger partial charge >= 0.3 is 0 Å². The van der Waals surface area contributed by atoms with Crippen molar-refractivity contribution in [2.75, 3.05) is 0 Å². The number of halogens is 1. The quantitative estimate of drug-likeness (QED) is 0.443. The summed E-state index contributed by atoms with van der Waals surface area (Å²) in [7, 11) is 0. The molecule has 0 fully saturated rings.